The second-order valence-corrected chi connectivity index (χ2v) is 2.88. The molecule has 4 nitrogen and oxygen atoms in total. The Labute approximate surface area is 71.5 Å². The molecule has 11 heavy (non-hydrogen) atoms. The second kappa shape index (κ2) is 2.96. The molecule has 0 aromatic carbocycles. The van der Waals surface area contributed by atoms with Gasteiger partial charge in [0.05, 0.1) is 4.92 Å². The fourth-order valence-corrected chi connectivity index (χ4v) is 0.995. The van der Waals surface area contributed by atoms with E-state index in [9.17, 15) is 10.1 Å². The lowest BCUT2D eigenvalue weighted by Gasteiger charge is -1.96. The molecule has 0 saturated heterocycles. The quantitative estimate of drug-likeness (QED) is 0.534. The topological polar surface area (TPSA) is 56.0 Å². The van der Waals surface area contributed by atoms with Crippen LogP contribution < -0.4 is 0 Å². The lowest BCUT2D eigenvalue weighted by molar-refractivity contribution is -0.385. The molecular formula is C6H5BrN2O2. The van der Waals surface area contributed by atoms with Gasteiger partial charge in [-0.3, -0.25) is 15.1 Å². The molecule has 0 aliphatic heterocycles. The first-order valence-electron chi connectivity index (χ1n) is 2.87. The van der Waals surface area contributed by atoms with Crippen LogP contribution in [0.2, 0.25) is 0 Å². The van der Waals surface area contributed by atoms with Gasteiger partial charge in [-0.05, 0) is 22.9 Å². The lowest BCUT2D eigenvalue weighted by Crippen LogP contribution is -1.92. The van der Waals surface area contributed by atoms with Crippen molar-refractivity contribution < 1.29 is 4.92 Å². The molecule has 0 N–H and O–H groups in total. The lowest BCUT2D eigenvalue weighted by atomic mass is 10.3. The fraction of sp³-hybridized carbons (Fsp3) is 0.167. The van der Waals surface area contributed by atoms with E-state index in [2.05, 4.69) is 20.9 Å². The van der Waals surface area contributed by atoms with E-state index in [1.165, 1.54) is 12.4 Å². The number of pyridine rings is 1. The molecule has 1 heterocycles. The molecule has 0 spiro atoms. The van der Waals surface area contributed by atoms with Crippen LogP contribution >= 0.6 is 15.9 Å². The Morgan fingerprint density at radius 2 is 2.27 bits per heavy atom. The first kappa shape index (κ1) is 8.13. The van der Waals surface area contributed by atoms with Gasteiger partial charge in [0, 0.05) is 16.2 Å². The first-order chi connectivity index (χ1) is 5.13. The predicted octanol–water partition coefficient (Wildman–Crippen LogP) is 2.06. The highest BCUT2D eigenvalue weighted by Gasteiger charge is 2.11. The molecule has 0 amide bonds. The molecule has 0 unspecified atom stereocenters. The Kier molecular flexibility index (Phi) is 2.19. The predicted molar refractivity (Wildman–Crippen MR) is 43.3 cm³/mol. The fourth-order valence-electron chi connectivity index (χ4n) is 0.673. The maximum atomic E-state index is 10.3. The number of aromatic nitrogens is 1. The van der Waals surface area contributed by atoms with Crippen LogP contribution in [-0.2, 0) is 0 Å². The van der Waals surface area contributed by atoms with E-state index in [1.807, 2.05) is 0 Å². The summed E-state index contributed by atoms with van der Waals surface area (Å²) >= 11 is 3.15. The maximum Gasteiger partial charge on any atom is 0.291 e. The summed E-state index contributed by atoms with van der Waals surface area (Å²) in [5.74, 6) is 0. The molecular weight excluding hydrogens is 212 g/mol. The molecule has 5 heteroatoms. The third-order valence-corrected chi connectivity index (χ3v) is 2.12. The minimum Gasteiger partial charge on any atom is -0.258 e. The van der Waals surface area contributed by atoms with Gasteiger partial charge < -0.3 is 0 Å². The van der Waals surface area contributed by atoms with E-state index in [-0.39, 0.29) is 5.69 Å². The standard InChI is InChI=1S/C6H5BrN2O2/c1-4-5(7)2-8-3-6(4)9(10)11/h2-3H,1H3. The van der Waals surface area contributed by atoms with Crippen LogP contribution in [0.3, 0.4) is 0 Å². The molecule has 0 aliphatic rings. The molecule has 0 aliphatic carbocycles. The maximum absolute atomic E-state index is 10.3. The molecule has 0 saturated carbocycles. The molecule has 0 radical (unpaired) electrons. The van der Waals surface area contributed by atoms with Crippen molar-refractivity contribution in [2.24, 2.45) is 0 Å². The van der Waals surface area contributed by atoms with Crippen LogP contribution in [-0.4, -0.2) is 9.91 Å². The Hall–Kier alpha value is -0.970. The van der Waals surface area contributed by atoms with Crippen LogP contribution in [0.5, 0.6) is 0 Å². The van der Waals surface area contributed by atoms with Crippen molar-refractivity contribution >= 4 is 21.6 Å². The van der Waals surface area contributed by atoms with Crippen LogP contribution in [0.25, 0.3) is 0 Å². The highest BCUT2D eigenvalue weighted by atomic mass is 79.9. The molecule has 1 aromatic rings. The van der Waals surface area contributed by atoms with Crippen LogP contribution in [0.15, 0.2) is 16.9 Å². The van der Waals surface area contributed by atoms with Crippen molar-refractivity contribution in [1.82, 2.24) is 4.98 Å². The summed E-state index contributed by atoms with van der Waals surface area (Å²) in [6, 6.07) is 0. The highest BCUT2D eigenvalue weighted by molar-refractivity contribution is 9.10. The van der Waals surface area contributed by atoms with E-state index in [4.69, 9.17) is 0 Å². The van der Waals surface area contributed by atoms with E-state index < -0.39 is 4.92 Å². The van der Waals surface area contributed by atoms with Crippen molar-refractivity contribution in [3.8, 4) is 0 Å². The zero-order valence-corrected chi connectivity index (χ0v) is 7.33. The Balaban J connectivity index is 3.27. The van der Waals surface area contributed by atoms with Gasteiger partial charge in [0.15, 0.2) is 0 Å². The highest BCUT2D eigenvalue weighted by Crippen LogP contribution is 2.23. The Bertz CT molecular complexity index is 301. The number of nitro groups is 1. The summed E-state index contributed by atoms with van der Waals surface area (Å²) in [6.45, 7) is 1.67. The van der Waals surface area contributed by atoms with Crippen molar-refractivity contribution in [1.29, 1.82) is 0 Å². The average molecular weight is 217 g/mol. The number of halogens is 1. The summed E-state index contributed by atoms with van der Waals surface area (Å²) in [5, 5.41) is 10.3. The van der Waals surface area contributed by atoms with E-state index in [1.54, 1.807) is 6.92 Å². The average Bonchev–Trinajstić information content (AvgIpc) is 1.94. The molecule has 58 valence electrons. The zero-order valence-electron chi connectivity index (χ0n) is 5.74. The third-order valence-electron chi connectivity index (χ3n) is 1.32. The second-order valence-electron chi connectivity index (χ2n) is 2.02. The van der Waals surface area contributed by atoms with E-state index >= 15 is 0 Å². The van der Waals surface area contributed by atoms with Gasteiger partial charge in [-0.1, -0.05) is 0 Å². The number of rotatable bonds is 1. The van der Waals surface area contributed by atoms with Gasteiger partial charge in [-0.15, -0.1) is 0 Å². The van der Waals surface area contributed by atoms with E-state index in [0.29, 0.717) is 10.0 Å². The zero-order chi connectivity index (χ0) is 8.43. The monoisotopic (exact) mass is 216 g/mol. The number of nitrogens with zero attached hydrogens (tertiary/aromatic N) is 2. The SMILES string of the molecule is Cc1c(Br)cncc1[N+](=O)[O-]. The summed E-state index contributed by atoms with van der Waals surface area (Å²) in [7, 11) is 0. The van der Waals surface area contributed by atoms with Gasteiger partial charge in [-0.2, -0.15) is 0 Å². The van der Waals surface area contributed by atoms with Gasteiger partial charge >= 0.3 is 0 Å². The Morgan fingerprint density at radius 3 is 2.73 bits per heavy atom. The van der Waals surface area contributed by atoms with Crippen molar-refractivity contribution in [3.05, 3.63) is 32.5 Å². The first-order valence-corrected chi connectivity index (χ1v) is 3.66. The van der Waals surface area contributed by atoms with E-state index in [0.717, 1.165) is 0 Å². The van der Waals surface area contributed by atoms with Crippen molar-refractivity contribution in [2.75, 3.05) is 0 Å². The Morgan fingerprint density at radius 1 is 1.64 bits per heavy atom. The van der Waals surface area contributed by atoms with Gasteiger partial charge in [0.1, 0.15) is 6.20 Å². The normalized spacial score (nSPS) is 9.64. The van der Waals surface area contributed by atoms with Crippen LogP contribution in [0.1, 0.15) is 5.56 Å². The minimum atomic E-state index is -0.451. The van der Waals surface area contributed by atoms with Gasteiger partial charge in [-0.25, -0.2) is 0 Å². The smallest absolute Gasteiger partial charge is 0.258 e. The molecule has 0 fully saturated rings. The number of hydrogen-bond donors (Lipinski definition) is 0. The summed E-state index contributed by atoms with van der Waals surface area (Å²) in [4.78, 5) is 13.5. The van der Waals surface area contributed by atoms with Crippen LogP contribution in [0.4, 0.5) is 5.69 Å². The largest absolute Gasteiger partial charge is 0.291 e. The number of hydrogen-bond acceptors (Lipinski definition) is 3. The van der Waals surface area contributed by atoms with Gasteiger partial charge in [0.2, 0.25) is 0 Å². The molecule has 0 bridgehead atoms. The summed E-state index contributed by atoms with van der Waals surface area (Å²) < 4.78 is 0.659. The molecule has 1 aromatic heterocycles. The molecule has 0 atom stereocenters. The third kappa shape index (κ3) is 1.54. The van der Waals surface area contributed by atoms with Crippen molar-refractivity contribution in [3.63, 3.8) is 0 Å². The minimum absolute atomic E-state index is 0.0411. The summed E-state index contributed by atoms with van der Waals surface area (Å²) in [5.41, 5.74) is 0.643. The molecule has 1 rings (SSSR count). The summed E-state index contributed by atoms with van der Waals surface area (Å²) in [6.07, 6.45) is 2.77. The van der Waals surface area contributed by atoms with Crippen LogP contribution in [0, 0.1) is 17.0 Å². The van der Waals surface area contributed by atoms with Crippen molar-refractivity contribution in [2.45, 2.75) is 6.92 Å². The van der Waals surface area contributed by atoms with Gasteiger partial charge in [0.25, 0.3) is 5.69 Å².